The maximum atomic E-state index is 13.0. The van der Waals surface area contributed by atoms with Gasteiger partial charge in [-0.3, -0.25) is 4.79 Å². The fraction of sp³-hybridized carbons (Fsp3) is 0.625. The SMILES string of the molecule is COC(=O)[C@H](CCC[C@H](NC(=O)CC[C@@H](NC(=O)OCc1ccccc1)C(=O)OC)C(=O)OCC[Si](C)(C)C)NC(=O)OC(C)(C)C. The van der Waals surface area contributed by atoms with Crippen LogP contribution >= 0.6 is 0 Å². The van der Waals surface area contributed by atoms with E-state index < -0.39 is 67.8 Å². The Morgan fingerprint density at radius 2 is 1.26 bits per heavy atom. The number of alkyl carbamates (subject to hydrolysis) is 2. The van der Waals surface area contributed by atoms with Crippen molar-refractivity contribution in [3.05, 3.63) is 35.9 Å². The van der Waals surface area contributed by atoms with Crippen LogP contribution in [0.3, 0.4) is 0 Å². The van der Waals surface area contributed by atoms with Crippen LogP contribution in [0.15, 0.2) is 30.3 Å². The molecule has 0 aliphatic heterocycles. The van der Waals surface area contributed by atoms with Gasteiger partial charge in [0.2, 0.25) is 5.91 Å². The Morgan fingerprint density at radius 3 is 1.79 bits per heavy atom. The first kappa shape index (κ1) is 40.9. The maximum absolute atomic E-state index is 13.0. The minimum Gasteiger partial charge on any atom is -0.467 e. The van der Waals surface area contributed by atoms with Gasteiger partial charge in [0, 0.05) is 14.5 Å². The fourth-order valence-corrected chi connectivity index (χ4v) is 4.73. The zero-order chi connectivity index (χ0) is 35.6. The second-order valence-electron chi connectivity index (χ2n) is 13.1. The number of amides is 3. The number of hydrogen-bond acceptors (Lipinski definition) is 11. The summed E-state index contributed by atoms with van der Waals surface area (Å²) in [4.78, 5) is 75.3. The number of hydrogen-bond donors (Lipinski definition) is 3. The molecule has 3 atom stereocenters. The normalized spacial score (nSPS) is 13.2. The standard InChI is InChI=1S/C32H51N3O11Si/c1-32(2,3)46-31(41)35-23(27(37)42-4)15-12-16-24(29(39)44-19-20-47(6,7)8)33-26(36)18-17-25(28(38)43-5)34-30(40)45-21-22-13-10-9-11-14-22/h9-11,13-14,23-25H,12,15-21H2,1-8H3,(H,33,36)(H,34,40)(H,35,41)/t23-,24-,25+/m0/s1. The molecule has 264 valence electrons. The lowest BCUT2D eigenvalue weighted by molar-refractivity contribution is -0.148. The Kier molecular flexibility index (Phi) is 17.5. The molecule has 14 nitrogen and oxygen atoms in total. The van der Waals surface area contributed by atoms with Crippen LogP contribution < -0.4 is 16.0 Å². The Labute approximate surface area is 277 Å². The predicted molar refractivity (Wildman–Crippen MR) is 175 cm³/mol. The molecule has 0 saturated carbocycles. The van der Waals surface area contributed by atoms with Gasteiger partial charge in [-0.1, -0.05) is 50.0 Å². The number of methoxy groups -OCH3 is 2. The van der Waals surface area contributed by atoms with Crippen LogP contribution in [0.4, 0.5) is 9.59 Å². The van der Waals surface area contributed by atoms with Gasteiger partial charge in [0.05, 0.1) is 20.8 Å². The summed E-state index contributed by atoms with van der Waals surface area (Å²) in [6.45, 7) is 11.6. The van der Waals surface area contributed by atoms with E-state index in [2.05, 4.69) is 35.6 Å². The van der Waals surface area contributed by atoms with Gasteiger partial charge in [-0.15, -0.1) is 0 Å². The average molecular weight is 682 g/mol. The second-order valence-corrected chi connectivity index (χ2v) is 18.7. The van der Waals surface area contributed by atoms with Crippen LogP contribution in [0.1, 0.15) is 58.4 Å². The molecule has 15 heteroatoms. The third-order valence-corrected chi connectivity index (χ3v) is 8.23. The van der Waals surface area contributed by atoms with Gasteiger partial charge in [0.25, 0.3) is 0 Å². The third kappa shape index (κ3) is 18.6. The largest absolute Gasteiger partial charge is 0.467 e. The summed E-state index contributed by atoms with van der Waals surface area (Å²) in [5.74, 6) is -2.71. The summed E-state index contributed by atoms with van der Waals surface area (Å²) in [6, 6.07) is 6.35. The van der Waals surface area contributed by atoms with Gasteiger partial charge < -0.3 is 39.6 Å². The first-order chi connectivity index (χ1) is 21.9. The fourth-order valence-electron chi connectivity index (χ4n) is 4.01. The summed E-state index contributed by atoms with van der Waals surface area (Å²) in [6.07, 6.45) is -1.69. The predicted octanol–water partition coefficient (Wildman–Crippen LogP) is 3.84. The zero-order valence-electron chi connectivity index (χ0n) is 28.8. The lowest BCUT2D eigenvalue weighted by Crippen LogP contribution is -2.46. The summed E-state index contributed by atoms with van der Waals surface area (Å²) in [5.41, 5.74) is -0.0389. The van der Waals surface area contributed by atoms with Crippen LogP contribution in [0.25, 0.3) is 0 Å². The van der Waals surface area contributed by atoms with E-state index in [4.69, 9.17) is 23.7 Å². The molecular formula is C32H51N3O11Si. The van der Waals surface area contributed by atoms with Crippen molar-refractivity contribution in [1.82, 2.24) is 16.0 Å². The zero-order valence-corrected chi connectivity index (χ0v) is 29.8. The number of benzene rings is 1. The molecule has 3 amide bonds. The highest BCUT2D eigenvalue weighted by Crippen LogP contribution is 2.13. The van der Waals surface area contributed by atoms with Gasteiger partial charge in [-0.25, -0.2) is 24.0 Å². The van der Waals surface area contributed by atoms with Crippen molar-refractivity contribution in [2.24, 2.45) is 0 Å². The van der Waals surface area contributed by atoms with Crippen LogP contribution in [0, 0.1) is 0 Å². The van der Waals surface area contributed by atoms with E-state index in [1.54, 1.807) is 45.0 Å². The van der Waals surface area contributed by atoms with Crippen molar-refractivity contribution in [2.75, 3.05) is 20.8 Å². The molecule has 0 bridgehead atoms. The highest BCUT2D eigenvalue weighted by molar-refractivity contribution is 6.76. The highest BCUT2D eigenvalue weighted by Gasteiger charge is 2.29. The molecule has 0 heterocycles. The summed E-state index contributed by atoms with van der Waals surface area (Å²) in [7, 11) is 0.820. The second kappa shape index (κ2) is 20.2. The summed E-state index contributed by atoms with van der Waals surface area (Å²) >= 11 is 0. The van der Waals surface area contributed by atoms with Gasteiger partial charge in [0.15, 0.2) is 0 Å². The lowest BCUT2D eigenvalue weighted by atomic mass is 10.0. The molecule has 0 unspecified atom stereocenters. The smallest absolute Gasteiger partial charge is 0.408 e. The van der Waals surface area contributed by atoms with E-state index in [1.165, 1.54) is 7.11 Å². The average Bonchev–Trinajstić information content (AvgIpc) is 2.99. The third-order valence-electron chi connectivity index (χ3n) is 6.53. The summed E-state index contributed by atoms with van der Waals surface area (Å²) in [5, 5.41) is 7.53. The van der Waals surface area contributed by atoms with Crippen LogP contribution in [0.5, 0.6) is 0 Å². The maximum Gasteiger partial charge on any atom is 0.408 e. The van der Waals surface area contributed by atoms with Gasteiger partial charge in [-0.05, 0) is 58.1 Å². The monoisotopic (exact) mass is 681 g/mol. The molecule has 0 aromatic heterocycles. The van der Waals surface area contributed by atoms with Crippen molar-refractivity contribution in [2.45, 2.75) is 109 Å². The number of carbonyl (C=O) groups excluding carboxylic acids is 6. The van der Waals surface area contributed by atoms with Crippen molar-refractivity contribution >= 4 is 44.1 Å². The first-order valence-corrected chi connectivity index (χ1v) is 19.2. The molecule has 0 aliphatic carbocycles. The molecule has 1 aromatic rings. The number of rotatable bonds is 18. The molecule has 0 aliphatic rings. The summed E-state index contributed by atoms with van der Waals surface area (Å²) < 4.78 is 25.4. The molecule has 47 heavy (non-hydrogen) atoms. The molecular weight excluding hydrogens is 630 g/mol. The van der Waals surface area contributed by atoms with Gasteiger partial charge >= 0.3 is 30.1 Å². The van der Waals surface area contributed by atoms with E-state index in [0.29, 0.717) is 0 Å². The van der Waals surface area contributed by atoms with Gasteiger partial charge in [-0.2, -0.15) is 0 Å². The van der Waals surface area contributed by atoms with E-state index in [9.17, 15) is 28.8 Å². The molecule has 3 N–H and O–H groups in total. The van der Waals surface area contributed by atoms with Crippen molar-refractivity contribution < 1.29 is 52.5 Å². The van der Waals surface area contributed by atoms with E-state index in [0.717, 1.165) is 18.7 Å². The highest BCUT2D eigenvalue weighted by atomic mass is 28.3. The number of nitrogens with one attached hydrogen (secondary N) is 3. The topological polar surface area (TPSA) is 185 Å². The first-order valence-electron chi connectivity index (χ1n) is 15.5. The molecule has 0 fully saturated rings. The molecule has 0 spiro atoms. The number of ether oxygens (including phenoxy) is 5. The van der Waals surface area contributed by atoms with Gasteiger partial charge in [0.1, 0.15) is 30.3 Å². The Hall–Kier alpha value is -4.14. The quantitative estimate of drug-likeness (QED) is 0.116. The van der Waals surface area contributed by atoms with Crippen molar-refractivity contribution in [3.63, 3.8) is 0 Å². The van der Waals surface area contributed by atoms with E-state index in [1.807, 2.05) is 6.07 Å². The molecule has 1 rings (SSSR count). The Bertz CT molecular complexity index is 1180. The minimum atomic E-state index is -1.52. The molecule has 1 aromatic carbocycles. The lowest BCUT2D eigenvalue weighted by Gasteiger charge is -2.23. The number of esters is 3. The molecule has 0 saturated heterocycles. The van der Waals surface area contributed by atoms with Crippen molar-refractivity contribution in [3.8, 4) is 0 Å². The minimum absolute atomic E-state index is 0.0212. The van der Waals surface area contributed by atoms with Crippen LogP contribution in [0.2, 0.25) is 25.7 Å². The Morgan fingerprint density at radius 1 is 0.723 bits per heavy atom. The van der Waals surface area contributed by atoms with E-state index >= 15 is 0 Å². The Balaban J connectivity index is 2.87. The van der Waals surface area contributed by atoms with Crippen molar-refractivity contribution in [1.29, 1.82) is 0 Å². The van der Waals surface area contributed by atoms with E-state index in [-0.39, 0.29) is 45.3 Å². The van der Waals surface area contributed by atoms with Crippen LogP contribution in [-0.4, -0.2) is 88.6 Å². The molecule has 0 radical (unpaired) electrons. The van der Waals surface area contributed by atoms with Crippen LogP contribution in [-0.2, 0) is 49.5 Å². The number of carbonyl (C=O) groups is 6.